The number of methoxy groups -OCH3 is 1. The molecule has 1 atom stereocenters. The van der Waals surface area contributed by atoms with Gasteiger partial charge >= 0.3 is 6.61 Å². The average molecular weight is 385 g/mol. The maximum absolute atomic E-state index is 12.9. The monoisotopic (exact) mass is 385 g/mol. The lowest BCUT2D eigenvalue weighted by Crippen LogP contribution is -2.49. The van der Waals surface area contributed by atoms with E-state index in [-0.39, 0.29) is 47.9 Å². The standard InChI is InChI=1S/C18H25F2N3O4/c1-26-14-6-5-12(10-15(14)27-18(19)20)17(25)23-9-3-2-4-13(23)11-22-16(24)7-8-21/h5-6,10,13,18H,2-4,7-9,11,21H2,1H3,(H,22,24). The normalized spacial score (nSPS) is 16.9. The van der Waals surface area contributed by atoms with Crippen LogP contribution in [0.3, 0.4) is 0 Å². The first-order valence-corrected chi connectivity index (χ1v) is 8.86. The lowest BCUT2D eigenvalue weighted by Gasteiger charge is -2.36. The number of carbonyl (C=O) groups excluding carboxylic acids is 2. The maximum atomic E-state index is 12.9. The van der Waals surface area contributed by atoms with Gasteiger partial charge in [0.05, 0.1) is 7.11 Å². The van der Waals surface area contributed by atoms with Gasteiger partial charge in [0.1, 0.15) is 0 Å². The van der Waals surface area contributed by atoms with Gasteiger partial charge in [0.2, 0.25) is 5.91 Å². The second-order valence-electron chi connectivity index (χ2n) is 6.24. The number of piperidine rings is 1. The maximum Gasteiger partial charge on any atom is 0.387 e. The number of amides is 2. The van der Waals surface area contributed by atoms with Gasteiger partial charge in [0.15, 0.2) is 11.5 Å². The van der Waals surface area contributed by atoms with Gasteiger partial charge in [-0.2, -0.15) is 8.78 Å². The van der Waals surface area contributed by atoms with Crippen LogP contribution in [0, 0.1) is 0 Å². The summed E-state index contributed by atoms with van der Waals surface area (Å²) in [5.41, 5.74) is 5.59. The van der Waals surface area contributed by atoms with Crippen molar-refractivity contribution in [3.05, 3.63) is 23.8 Å². The smallest absolute Gasteiger partial charge is 0.387 e. The first-order chi connectivity index (χ1) is 13.0. The minimum atomic E-state index is -3.02. The molecule has 0 spiro atoms. The van der Waals surface area contributed by atoms with Crippen LogP contribution in [-0.2, 0) is 4.79 Å². The van der Waals surface area contributed by atoms with Crippen LogP contribution in [0.4, 0.5) is 8.78 Å². The van der Waals surface area contributed by atoms with Gasteiger partial charge < -0.3 is 25.4 Å². The number of nitrogens with two attached hydrogens (primary N) is 1. The van der Waals surface area contributed by atoms with Crippen LogP contribution in [0.15, 0.2) is 18.2 Å². The minimum Gasteiger partial charge on any atom is -0.493 e. The Kier molecular flexibility index (Phi) is 7.78. The molecule has 27 heavy (non-hydrogen) atoms. The Hall–Kier alpha value is -2.42. The zero-order valence-electron chi connectivity index (χ0n) is 15.2. The summed E-state index contributed by atoms with van der Waals surface area (Å²) in [5, 5.41) is 2.79. The highest BCUT2D eigenvalue weighted by atomic mass is 19.3. The number of hydrogen-bond donors (Lipinski definition) is 2. The molecular formula is C18H25F2N3O4. The van der Waals surface area contributed by atoms with E-state index in [1.165, 1.54) is 25.3 Å². The molecule has 0 radical (unpaired) electrons. The fourth-order valence-electron chi connectivity index (χ4n) is 3.09. The van der Waals surface area contributed by atoms with E-state index in [4.69, 9.17) is 10.5 Å². The van der Waals surface area contributed by atoms with Crippen molar-refractivity contribution in [2.24, 2.45) is 5.73 Å². The molecule has 3 N–H and O–H groups in total. The Labute approximate surface area is 156 Å². The number of benzene rings is 1. The molecule has 0 aromatic heterocycles. The van der Waals surface area contributed by atoms with Crippen molar-refractivity contribution in [2.75, 3.05) is 26.7 Å². The number of hydrogen-bond acceptors (Lipinski definition) is 5. The van der Waals surface area contributed by atoms with Gasteiger partial charge in [-0.05, 0) is 37.5 Å². The van der Waals surface area contributed by atoms with E-state index in [2.05, 4.69) is 10.1 Å². The number of rotatable bonds is 8. The molecule has 1 aromatic rings. The van der Waals surface area contributed by atoms with Gasteiger partial charge in [-0.15, -0.1) is 0 Å². The Morgan fingerprint density at radius 1 is 1.33 bits per heavy atom. The first kappa shape index (κ1) is 20.9. The highest BCUT2D eigenvalue weighted by Crippen LogP contribution is 2.30. The van der Waals surface area contributed by atoms with Gasteiger partial charge in [-0.1, -0.05) is 0 Å². The Morgan fingerprint density at radius 3 is 2.78 bits per heavy atom. The Balaban J connectivity index is 2.14. The van der Waals surface area contributed by atoms with Crippen molar-refractivity contribution < 1.29 is 27.8 Å². The number of alkyl halides is 2. The summed E-state index contributed by atoms with van der Waals surface area (Å²) in [7, 11) is 1.33. The summed E-state index contributed by atoms with van der Waals surface area (Å²) < 4.78 is 34.6. The number of nitrogens with one attached hydrogen (secondary N) is 1. The van der Waals surface area contributed by atoms with E-state index >= 15 is 0 Å². The van der Waals surface area contributed by atoms with Gasteiger partial charge in [0, 0.05) is 37.7 Å². The van der Waals surface area contributed by atoms with Crippen molar-refractivity contribution in [1.29, 1.82) is 0 Å². The van der Waals surface area contributed by atoms with E-state index in [0.29, 0.717) is 13.1 Å². The highest BCUT2D eigenvalue weighted by molar-refractivity contribution is 5.95. The molecule has 7 nitrogen and oxygen atoms in total. The molecule has 0 saturated carbocycles. The molecule has 1 aromatic carbocycles. The highest BCUT2D eigenvalue weighted by Gasteiger charge is 2.28. The third kappa shape index (κ3) is 5.78. The fraction of sp³-hybridized carbons (Fsp3) is 0.556. The molecule has 1 heterocycles. The van der Waals surface area contributed by atoms with Crippen molar-refractivity contribution >= 4 is 11.8 Å². The molecule has 150 valence electrons. The third-order valence-electron chi connectivity index (χ3n) is 4.42. The van der Waals surface area contributed by atoms with Crippen LogP contribution in [0.5, 0.6) is 11.5 Å². The Bertz CT molecular complexity index is 657. The molecule has 1 unspecified atom stereocenters. The topological polar surface area (TPSA) is 93.9 Å². The van der Waals surface area contributed by atoms with Crippen LogP contribution < -0.4 is 20.5 Å². The van der Waals surface area contributed by atoms with Crippen LogP contribution in [-0.4, -0.2) is 56.1 Å². The largest absolute Gasteiger partial charge is 0.493 e. The predicted molar refractivity (Wildman–Crippen MR) is 95.0 cm³/mol. The molecular weight excluding hydrogens is 360 g/mol. The van der Waals surface area contributed by atoms with E-state index < -0.39 is 6.61 Å². The van der Waals surface area contributed by atoms with E-state index in [1.54, 1.807) is 4.90 Å². The zero-order valence-corrected chi connectivity index (χ0v) is 15.2. The van der Waals surface area contributed by atoms with E-state index in [0.717, 1.165) is 19.3 Å². The quantitative estimate of drug-likeness (QED) is 0.711. The number of carbonyl (C=O) groups is 2. The van der Waals surface area contributed by atoms with Gasteiger partial charge in [0.25, 0.3) is 5.91 Å². The van der Waals surface area contributed by atoms with Crippen molar-refractivity contribution in [1.82, 2.24) is 10.2 Å². The summed E-state index contributed by atoms with van der Waals surface area (Å²) >= 11 is 0. The molecule has 2 rings (SSSR count). The molecule has 0 bridgehead atoms. The average Bonchev–Trinajstić information content (AvgIpc) is 2.66. The molecule has 0 aliphatic carbocycles. The van der Waals surface area contributed by atoms with Crippen molar-refractivity contribution in [2.45, 2.75) is 38.3 Å². The fourth-order valence-corrected chi connectivity index (χ4v) is 3.09. The zero-order chi connectivity index (χ0) is 19.8. The summed E-state index contributed by atoms with van der Waals surface area (Å²) in [6.07, 6.45) is 2.78. The predicted octanol–water partition coefficient (Wildman–Crippen LogP) is 1.76. The second kappa shape index (κ2) is 10.1. The van der Waals surface area contributed by atoms with Crippen LogP contribution in [0.2, 0.25) is 0 Å². The summed E-state index contributed by atoms with van der Waals surface area (Å²) in [6, 6.07) is 4.03. The summed E-state index contributed by atoms with van der Waals surface area (Å²) in [5.74, 6) is -0.527. The number of ether oxygens (including phenoxy) is 2. The van der Waals surface area contributed by atoms with Gasteiger partial charge in [-0.25, -0.2) is 0 Å². The first-order valence-electron chi connectivity index (χ1n) is 8.86. The van der Waals surface area contributed by atoms with Crippen LogP contribution >= 0.6 is 0 Å². The molecule has 1 fully saturated rings. The van der Waals surface area contributed by atoms with Crippen molar-refractivity contribution in [3.63, 3.8) is 0 Å². The van der Waals surface area contributed by atoms with Crippen molar-refractivity contribution in [3.8, 4) is 11.5 Å². The van der Waals surface area contributed by atoms with E-state index in [9.17, 15) is 18.4 Å². The Morgan fingerprint density at radius 2 is 2.11 bits per heavy atom. The molecule has 2 amide bonds. The summed E-state index contributed by atoms with van der Waals surface area (Å²) in [6.45, 7) is -1.89. The SMILES string of the molecule is COc1ccc(C(=O)N2CCCCC2CNC(=O)CCN)cc1OC(F)F. The molecule has 1 saturated heterocycles. The number of likely N-dealkylation sites (tertiary alicyclic amines) is 1. The van der Waals surface area contributed by atoms with Crippen LogP contribution in [0.1, 0.15) is 36.0 Å². The van der Waals surface area contributed by atoms with Crippen LogP contribution in [0.25, 0.3) is 0 Å². The third-order valence-corrected chi connectivity index (χ3v) is 4.42. The molecule has 1 aliphatic rings. The van der Waals surface area contributed by atoms with Gasteiger partial charge in [-0.3, -0.25) is 9.59 Å². The molecule has 1 aliphatic heterocycles. The van der Waals surface area contributed by atoms with E-state index in [1.807, 2.05) is 0 Å². The summed E-state index contributed by atoms with van der Waals surface area (Å²) in [4.78, 5) is 26.2. The minimum absolute atomic E-state index is 0.121. The second-order valence-corrected chi connectivity index (χ2v) is 6.24. The molecule has 9 heteroatoms. The number of halogens is 2. The lowest BCUT2D eigenvalue weighted by molar-refractivity contribution is -0.121. The lowest BCUT2D eigenvalue weighted by atomic mass is 10.0. The number of nitrogens with zero attached hydrogens (tertiary/aromatic N) is 1.